The molecule has 3 nitrogen and oxygen atoms in total. The van der Waals surface area contributed by atoms with Crippen molar-refractivity contribution in [1.29, 1.82) is 0 Å². The van der Waals surface area contributed by atoms with E-state index >= 15 is 0 Å². The zero-order valence-electron chi connectivity index (χ0n) is 7.74. The molecule has 0 spiro atoms. The lowest BCUT2D eigenvalue weighted by Gasteiger charge is -2.05. The van der Waals surface area contributed by atoms with Gasteiger partial charge in [0.15, 0.2) is 5.13 Å². The lowest BCUT2D eigenvalue weighted by molar-refractivity contribution is 0.745. The molecule has 68 valence electrons. The molecular formula is C8H15N3S. The third-order valence-corrected chi connectivity index (χ3v) is 2.63. The lowest BCUT2D eigenvalue weighted by Crippen LogP contribution is -2.16. The number of nitrogens with two attached hydrogens (primary N) is 1. The molecule has 2 N–H and O–H groups in total. The number of hydrogen-bond acceptors (Lipinski definition) is 4. The molecule has 0 radical (unpaired) electrons. The largest absolute Gasteiger partial charge is 0.354 e. The molecule has 1 atom stereocenters. The zero-order valence-corrected chi connectivity index (χ0v) is 8.56. The Kier molecular flexibility index (Phi) is 3.05. The summed E-state index contributed by atoms with van der Waals surface area (Å²) in [6.45, 7) is 2.01. The standard InChI is InChI=1S/C8H15N3S/c1-6(9)4-7-5-10-8(12-7)11(2)3/h5-6H,4,9H2,1-3H3. The molecule has 0 fully saturated rings. The Morgan fingerprint density at radius 1 is 1.67 bits per heavy atom. The normalized spacial score (nSPS) is 13.0. The monoisotopic (exact) mass is 185 g/mol. The van der Waals surface area contributed by atoms with Gasteiger partial charge in [0.05, 0.1) is 0 Å². The highest BCUT2D eigenvalue weighted by Crippen LogP contribution is 2.20. The highest BCUT2D eigenvalue weighted by atomic mass is 32.1. The second kappa shape index (κ2) is 3.87. The Labute approximate surface area is 77.2 Å². The number of anilines is 1. The minimum Gasteiger partial charge on any atom is -0.354 e. The zero-order chi connectivity index (χ0) is 9.14. The summed E-state index contributed by atoms with van der Waals surface area (Å²) in [5.74, 6) is 0. The molecule has 4 heteroatoms. The van der Waals surface area contributed by atoms with Crippen LogP contribution < -0.4 is 10.6 Å². The molecule has 0 aromatic carbocycles. The van der Waals surface area contributed by atoms with E-state index in [9.17, 15) is 0 Å². The van der Waals surface area contributed by atoms with E-state index in [-0.39, 0.29) is 6.04 Å². The molecule has 0 aliphatic heterocycles. The third kappa shape index (κ3) is 2.46. The summed E-state index contributed by atoms with van der Waals surface area (Å²) in [4.78, 5) is 7.52. The molecule has 1 rings (SSSR count). The minimum absolute atomic E-state index is 0.223. The first kappa shape index (κ1) is 9.48. The molecule has 0 bridgehead atoms. The minimum atomic E-state index is 0.223. The van der Waals surface area contributed by atoms with Gasteiger partial charge in [-0.2, -0.15) is 0 Å². The van der Waals surface area contributed by atoms with Crippen molar-refractivity contribution in [2.24, 2.45) is 5.73 Å². The van der Waals surface area contributed by atoms with Gasteiger partial charge < -0.3 is 10.6 Å². The van der Waals surface area contributed by atoms with E-state index in [0.717, 1.165) is 11.6 Å². The first-order valence-corrected chi connectivity index (χ1v) is 4.79. The number of rotatable bonds is 3. The molecule has 0 amide bonds. The predicted octanol–water partition coefficient (Wildman–Crippen LogP) is 1.10. The maximum atomic E-state index is 5.68. The Bertz CT molecular complexity index is 242. The van der Waals surface area contributed by atoms with E-state index in [4.69, 9.17) is 5.73 Å². The van der Waals surface area contributed by atoms with Crippen LogP contribution in [0.3, 0.4) is 0 Å². The lowest BCUT2D eigenvalue weighted by atomic mass is 10.2. The molecule has 0 aliphatic rings. The van der Waals surface area contributed by atoms with Crippen molar-refractivity contribution < 1.29 is 0 Å². The Morgan fingerprint density at radius 2 is 2.33 bits per heavy atom. The van der Waals surface area contributed by atoms with Crippen LogP contribution in [0.1, 0.15) is 11.8 Å². The molecule has 0 aliphatic carbocycles. The number of nitrogens with zero attached hydrogens (tertiary/aromatic N) is 2. The molecule has 0 saturated carbocycles. The number of thiazole rings is 1. The van der Waals surface area contributed by atoms with Gasteiger partial charge in [-0.05, 0) is 13.3 Å². The van der Waals surface area contributed by atoms with Crippen molar-refractivity contribution in [3.8, 4) is 0 Å². The van der Waals surface area contributed by atoms with E-state index < -0.39 is 0 Å². The van der Waals surface area contributed by atoms with Crippen LogP contribution in [0.25, 0.3) is 0 Å². The molecule has 12 heavy (non-hydrogen) atoms. The third-order valence-electron chi connectivity index (χ3n) is 1.45. The van der Waals surface area contributed by atoms with Crippen LogP contribution in [-0.4, -0.2) is 25.1 Å². The molecular weight excluding hydrogens is 170 g/mol. The van der Waals surface area contributed by atoms with Gasteiger partial charge in [-0.1, -0.05) is 0 Å². The van der Waals surface area contributed by atoms with Crippen molar-refractivity contribution in [1.82, 2.24) is 4.98 Å². The van der Waals surface area contributed by atoms with Crippen molar-refractivity contribution in [2.75, 3.05) is 19.0 Å². The summed E-state index contributed by atoms with van der Waals surface area (Å²) < 4.78 is 0. The van der Waals surface area contributed by atoms with E-state index in [1.807, 2.05) is 32.1 Å². The van der Waals surface area contributed by atoms with Gasteiger partial charge >= 0.3 is 0 Å². The summed E-state index contributed by atoms with van der Waals surface area (Å²) in [7, 11) is 3.99. The van der Waals surface area contributed by atoms with E-state index in [1.165, 1.54) is 4.88 Å². The van der Waals surface area contributed by atoms with Crippen LogP contribution in [0.4, 0.5) is 5.13 Å². The van der Waals surface area contributed by atoms with Crippen LogP contribution in [0, 0.1) is 0 Å². The molecule has 1 unspecified atom stereocenters. The van der Waals surface area contributed by atoms with Crippen LogP contribution in [0.2, 0.25) is 0 Å². The van der Waals surface area contributed by atoms with Crippen LogP contribution >= 0.6 is 11.3 Å². The highest BCUT2D eigenvalue weighted by Gasteiger charge is 2.04. The molecule has 1 aromatic heterocycles. The SMILES string of the molecule is CC(N)Cc1cnc(N(C)C)s1. The molecule has 1 heterocycles. The summed E-state index contributed by atoms with van der Waals surface area (Å²) in [5.41, 5.74) is 5.68. The number of hydrogen-bond donors (Lipinski definition) is 1. The topological polar surface area (TPSA) is 42.1 Å². The average molecular weight is 185 g/mol. The fourth-order valence-electron chi connectivity index (χ4n) is 0.916. The Morgan fingerprint density at radius 3 is 2.75 bits per heavy atom. The first-order valence-electron chi connectivity index (χ1n) is 3.97. The fourth-order valence-corrected chi connectivity index (χ4v) is 1.89. The average Bonchev–Trinajstić information content (AvgIpc) is 2.34. The second-order valence-electron chi connectivity index (χ2n) is 3.18. The van der Waals surface area contributed by atoms with E-state index in [0.29, 0.717) is 0 Å². The quantitative estimate of drug-likeness (QED) is 0.766. The van der Waals surface area contributed by atoms with Crippen molar-refractivity contribution >= 4 is 16.5 Å². The Hall–Kier alpha value is -0.610. The molecule has 0 saturated heterocycles. The van der Waals surface area contributed by atoms with Crippen molar-refractivity contribution in [3.63, 3.8) is 0 Å². The number of aromatic nitrogens is 1. The second-order valence-corrected chi connectivity index (χ2v) is 4.28. The maximum Gasteiger partial charge on any atom is 0.184 e. The van der Waals surface area contributed by atoms with Gasteiger partial charge in [-0.3, -0.25) is 0 Å². The van der Waals surface area contributed by atoms with E-state index in [1.54, 1.807) is 11.3 Å². The van der Waals surface area contributed by atoms with Crippen molar-refractivity contribution in [3.05, 3.63) is 11.1 Å². The molecule has 1 aromatic rings. The van der Waals surface area contributed by atoms with Crippen LogP contribution in [0.5, 0.6) is 0 Å². The summed E-state index contributed by atoms with van der Waals surface area (Å²) >= 11 is 1.70. The van der Waals surface area contributed by atoms with Gasteiger partial charge in [-0.25, -0.2) is 4.98 Å². The summed E-state index contributed by atoms with van der Waals surface area (Å²) in [5, 5.41) is 1.05. The highest BCUT2D eigenvalue weighted by molar-refractivity contribution is 7.15. The smallest absolute Gasteiger partial charge is 0.184 e. The fraction of sp³-hybridized carbons (Fsp3) is 0.625. The van der Waals surface area contributed by atoms with Gasteiger partial charge in [0.1, 0.15) is 0 Å². The maximum absolute atomic E-state index is 5.68. The van der Waals surface area contributed by atoms with Crippen LogP contribution in [0.15, 0.2) is 6.20 Å². The Balaban J connectivity index is 2.64. The van der Waals surface area contributed by atoms with Crippen LogP contribution in [-0.2, 0) is 6.42 Å². The predicted molar refractivity (Wildman–Crippen MR) is 53.8 cm³/mol. The van der Waals surface area contributed by atoms with Gasteiger partial charge in [0.2, 0.25) is 0 Å². The van der Waals surface area contributed by atoms with Gasteiger partial charge in [-0.15, -0.1) is 11.3 Å². The van der Waals surface area contributed by atoms with Gasteiger partial charge in [0, 0.05) is 31.2 Å². The summed E-state index contributed by atoms with van der Waals surface area (Å²) in [6.07, 6.45) is 2.83. The van der Waals surface area contributed by atoms with E-state index in [2.05, 4.69) is 4.98 Å². The first-order chi connectivity index (χ1) is 5.59. The summed E-state index contributed by atoms with van der Waals surface area (Å²) in [6, 6.07) is 0.223. The van der Waals surface area contributed by atoms with Crippen molar-refractivity contribution in [2.45, 2.75) is 19.4 Å². The van der Waals surface area contributed by atoms with Gasteiger partial charge in [0.25, 0.3) is 0 Å².